The molecule has 0 saturated heterocycles. The lowest BCUT2D eigenvalue weighted by Gasteiger charge is -2.35. The summed E-state index contributed by atoms with van der Waals surface area (Å²) in [4.78, 5) is 30.0. The summed E-state index contributed by atoms with van der Waals surface area (Å²) < 4.78 is 14.5. The summed E-state index contributed by atoms with van der Waals surface area (Å²) >= 11 is 0. The van der Waals surface area contributed by atoms with Crippen molar-refractivity contribution in [3.8, 4) is 0 Å². The molecule has 0 N–H and O–H groups in total. The quantitative estimate of drug-likeness (QED) is 0.628. The van der Waals surface area contributed by atoms with Crippen LogP contribution in [0.2, 0.25) is 0 Å². The number of carbonyl (C=O) groups excluding carboxylic acids is 1. The highest BCUT2D eigenvalue weighted by Gasteiger charge is 2.38. The van der Waals surface area contributed by atoms with E-state index in [9.17, 15) is 19.3 Å². The van der Waals surface area contributed by atoms with Crippen LogP contribution in [0.5, 0.6) is 0 Å². The van der Waals surface area contributed by atoms with Crippen molar-refractivity contribution in [1.29, 1.82) is 0 Å². The fraction of sp³-hybridized carbons (Fsp3) is 0.125. The third-order valence-corrected chi connectivity index (χ3v) is 4.03. The minimum absolute atomic E-state index is 0.0241. The molecule has 120 valence electrons. The third kappa shape index (κ3) is 1.96. The number of aliphatic imine (C=N–C) groups is 1. The van der Waals surface area contributed by atoms with Gasteiger partial charge in [-0.25, -0.2) is 9.18 Å². The molecular weight excluding hydrogens is 315 g/mol. The van der Waals surface area contributed by atoms with Gasteiger partial charge in [0.25, 0.3) is 5.69 Å². The molecule has 0 bridgehead atoms. The normalized spacial score (nSPS) is 15.9. The van der Waals surface area contributed by atoms with Gasteiger partial charge < -0.3 is 0 Å². The van der Waals surface area contributed by atoms with Crippen molar-refractivity contribution in [2.75, 3.05) is 18.0 Å². The number of urea groups is 1. The van der Waals surface area contributed by atoms with Gasteiger partial charge in [-0.15, -0.1) is 0 Å². The van der Waals surface area contributed by atoms with Crippen LogP contribution in [-0.4, -0.2) is 34.8 Å². The van der Waals surface area contributed by atoms with Crippen LogP contribution >= 0.6 is 0 Å². The number of anilines is 2. The number of hydrogen-bond acceptors (Lipinski definition) is 4. The number of halogens is 1. The van der Waals surface area contributed by atoms with Gasteiger partial charge in [-0.3, -0.25) is 24.9 Å². The van der Waals surface area contributed by atoms with E-state index in [4.69, 9.17) is 0 Å². The summed E-state index contributed by atoms with van der Waals surface area (Å²) in [6.45, 7) is 0.916. The molecule has 0 aromatic heterocycles. The Labute approximate surface area is 135 Å². The molecule has 0 atom stereocenters. The molecule has 2 aromatic rings. The Morgan fingerprint density at radius 2 is 1.96 bits per heavy atom. The number of fused-ring (bicyclic) bond motifs is 3. The van der Waals surface area contributed by atoms with Crippen LogP contribution in [0, 0.1) is 15.9 Å². The minimum atomic E-state index is -0.827. The van der Waals surface area contributed by atoms with Crippen molar-refractivity contribution >= 4 is 28.9 Å². The Morgan fingerprint density at radius 1 is 1.17 bits per heavy atom. The van der Waals surface area contributed by atoms with Crippen molar-refractivity contribution in [2.45, 2.75) is 0 Å². The minimum Gasteiger partial charge on any atom is -0.276 e. The first-order chi connectivity index (χ1) is 11.6. The van der Waals surface area contributed by atoms with Crippen molar-refractivity contribution in [3.05, 3.63) is 64.0 Å². The average molecular weight is 326 g/mol. The van der Waals surface area contributed by atoms with Gasteiger partial charge in [0.2, 0.25) is 0 Å². The van der Waals surface area contributed by atoms with Crippen LogP contribution in [0.3, 0.4) is 0 Å². The summed E-state index contributed by atoms with van der Waals surface area (Å²) in [6, 6.07) is 9.91. The number of carbonyl (C=O) groups is 1. The molecule has 0 saturated carbocycles. The molecule has 0 aliphatic carbocycles. The summed E-state index contributed by atoms with van der Waals surface area (Å²) in [5.41, 5.74) is 0.848. The molecule has 0 fully saturated rings. The monoisotopic (exact) mass is 326 g/mol. The molecule has 2 amide bonds. The predicted molar refractivity (Wildman–Crippen MR) is 85.1 cm³/mol. The Morgan fingerprint density at radius 3 is 2.71 bits per heavy atom. The molecule has 8 heteroatoms. The number of amidine groups is 1. The van der Waals surface area contributed by atoms with Crippen LogP contribution in [-0.2, 0) is 0 Å². The first-order valence-corrected chi connectivity index (χ1v) is 7.27. The number of benzene rings is 2. The molecule has 7 nitrogen and oxygen atoms in total. The van der Waals surface area contributed by atoms with Crippen molar-refractivity contribution in [2.24, 2.45) is 4.99 Å². The van der Waals surface area contributed by atoms with E-state index in [2.05, 4.69) is 4.99 Å². The van der Waals surface area contributed by atoms with Crippen LogP contribution < -0.4 is 4.90 Å². The number of nitro groups is 1. The maximum atomic E-state index is 14.5. The summed E-state index contributed by atoms with van der Waals surface area (Å²) in [7, 11) is 0. The van der Waals surface area contributed by atoms with E-state index in [1.807, 2.05) is 12.1 Å². The lowest BCUT2D eigenvalue weighted by molar-refractivity contribution is -0.385. The van der Waals surface area contributed by atoms with Gasteiger partial charge in [-0.2, -0.15) is 0 Å². The SMILES string of the molecule is O=C1N2CCN=C2c2ccccc2N1c1ccc([N+](=O)[O-])cc1F. The van der Waals surface area contributed by atoms with Crippen LogP contribution in [0.25, 0.3) is 0 Å². The van der Waals surface area contributed by atoms with Crippen LogP contribution in [0.15, 0.2) is 47.5 Å². The zero-order valence-corrected chi connectivity index (χ0v) is 12.3. The van der Waals surface area contributed by atoms with Crippen LogP contribution in [0.1, 0.15) is 5.56 Å². The van der Waals surface area contributed by atoms with Gasteiger partial charge >= 0.3 is 6.03 Å². The topological polar surface area (TPSA) is 79.0 Å². The Balaban J connectivity index is 1.89. The van der Waals surface area contributed by atoms with Gasteiger partial charge in [0.05, 0.1) is 28.9 Å². The number of rotatable bonds is 2. The van der Waals surface area contributed by atoms with Gasteiger partial charge in [-0.05, 0) is 18.2 Å². The Kier molecular flexibility index (Phi) is 3.05. The van der Waals surface area contributed by atoms with E-state index in [1.165, 1.54) is 21.9 Å². The van der Waals surface area contributed by atoms with Gasteiger partial charge in [0, 0.05) is 18.2 Å². The van der Waals surface area contributed by atoms with Gasteiger partial charge in [0.1, 0.15) is 5.84 Å². The second-order valence-electron chi connectivity index (χ2n) is 5.38. The molecule has 0 spiro atoms. The third-order valence-electron chi connectivity index (χ3n) is 4.03. The number of nitrogens with zero attached hydrogens (tertiary/aromatic N) is 4. The van der Waals surface area contributed by atoms with Crippen molar-refractivity contribution in [3.63, 3.8) is 0 Å². The standard InChI is InChI=1S/C16H11FN4O3/c17-12-9-10(21(23)24)5-6-14(12)20-13-4-2-1-3-11(13)15-18-7-8-19(15)16(20)22/h1-6,9H,7-8H2. The van der Waals surface area contributed by atoms with E-state index < -0.39 is 16.8 Å². The number of para-hydroxylation sites is 1. The van der Waals surface area contributed by atoms with E-state index in [0.717, 1.165) is 11.6 Å². The van der Waals surface area contributed by atoms with Crippen LogP contribution in [0.4, 0.5) is 26.2 Å². The first kappa shape index (κ1) is 14.3. The second kappa shape index (κ2) is 5.12. The van der Waals surface area contributed by atoms with E-state index in [-0.39, 0.29) is 11.4 Å². The fourth-order valence-corrected chi connectivity index (χ4v) is 2.97. The van der Waals surface area contributed by atoms with E-state index in [1.54, 1.807) is 12.1 Å². The average Bonchev–Trinajstić information content (AvgIpc) is 3.06. The lowest BCUT2D eigenvalue weighted by atomic mass is 10.1. The lowest BCUT2D eigenvalue weighted by Crippen LogP contribution is -2.48. The van der Waals surface area contributed by atoms with Crippen molar-refractivity contribution in [1.82, 2.24) is 4.90 Å². The number of amides is 2. The predicted octanol–water partition coefficient (Wildman–Crippen LogP) is 3.07. The summed E-state index contributed by atoms with van der Waals surface area (Å²) in [6.07, 6.45) is 0. The number of nitro benzene ring substituents is 1. The molecular formula is C16H11FN4O3. The van der Waals surface area contributed by atoms with Gasteiger partial charge in [-0.1, -0.05) is 12.1 Å². The smallest absolute Gasteiger partial charge is 0.276 e. The summed E-state index contributed by atoms with van der Waals surface area (Å²) in [5, 5.41) is 10.8. The number of hydrogen-bond donors (Lipinski definition) is 0. The molecule has 2 heterocycles. The first-order valence-electron chi connectivity index (χ1n) is 7.27. The Bertz CT molecular complexity index is 912. The maximum Gasteiger partial charge on any atom is 0.334 e. The van der Waals surface area contributed by atoms with E-state index in [0.29, 0.717) is 24.6 Å². The molecule has 24 heavy (non-hydrogen) atoms. The molecule has 2 aromatic carbocycles. The zero-order chi connectivity index (χ0) is 16.8. The highest BCUT2D eigenvalue weighted by atomic mass is 19.1. The molecule has 2 aliphatic rings. The zero-order valence-electron chi connectivity index (χ0n) is 12.3. The largest absolute Gasteiger partial charge is 0.334 e. The summed E-state index contributed by atoms with van der Waals surface area (Å²) in [5.74, 6) is -0.249. The molecule has 4 rings (SSSR count). The molecule has 2 aliphatic heterocycles. The number of non-ortho nitro benzene ring substituents is 1. The maximum absolute atomic E-state index is 14.5. The molecule has 0 unspecified atom stereocenters. The highest BCUT2D eigenvalue weighted by Crippen LogP contribution is 2.38. The van der Waals surface area contributed by atoms with E-state index >= 15 is 0 Å². The second-order valence-corrected chi connectivity index (χ2v) is 5.38. The Hall–Kier alpha value is -3.29. The van der Waals surface area contributed by atoms with Crippen molar-refractivity contribution < 1.29 is 14.1 Å². The fourth-order valence-electron chi connectivity index (χ4n) is 2.97. The van der Waals surface area contributed by atoms with Gasteiger partial charge in [0.15, 0.2) is 5.82 Å². The highest BCUT2D eigenvalue weighted by molar-refractivity contribution is 6.22. The molecule has 0 radical (unpaired) electrons.